The van der Waals surface area contributed by atoms with Crippen LogP contribution in [0.15, 0.2) is 30.0 Å². The van der Waals surface area contributed by atoms with E-state index in [1.54, 1.807) is 12.1 Å². The van der Waals surface area contributed by atoms with E-state index in [9.17, 15) is 5.11 Å². The summed E-state index contributed by atoms with van der Waals surface area (Å²) in [5.41, 5.74) is 2.81. The molecule has 0 bridgehead atoms. The third-order valence-electron chi connectivity index (χ3n) is 1.60. The van der Waals surface area contributed by atoms with Crippen LogP contribution in [0.5, 0.6) is 5.75 Å². The van der Waals surface area contributed by atoms with E-state index >= 15 is 0 Å². The monoisotopic (exact) mass is 212 g/mol. The van der Waals surface area contributed by atoms with Crippen LogP contribution in [-0.4, -0.2) is 12.5 Å². The molecule has 0 aliphatic heterocycles. The van der Waals surface area contributed by atoms with Gasteiger partial charge in [0.1, 0.15) is 5.75 Å². The quantitative estimate of drug-likeness (QED) is 0.589. The fraction of sp³-hybridized carbons (Fsp3) is 0.200. The van der Waals surface area contributed by atoms with Gasteiger partial charge in [-0.15, -0.1) is 0 Å². The molecule has 0 amide bonds. The molecule has 0 saturated heterocycles. The van der Waals surface area contributed by atoms with E-state index in [4.69, 9.17) is 11.1 Å². The molecule has 0 aliphatic carbocycles. The van der Waals surface area contributed by atoms with Crippen molar-refractivity contribution in [2.75, 3.05) is 0 Å². The average Bonchev–Trinajstić information content (AvgIpc) is 2.01. The van der Waals surface area contributed by atoms with E-state index in [0.29, 0.717) is 5.75 Å². The maximum Gasteiger partial charge on any atom is 0.173 e. The largest absolute Gasteiger partial charge is 0.507 e. The van der Waals surface area contributed by atoms with Crippen molar-refractivity contribution >= 4 is 24.5 Å². The Bertz CT molecular complexity index is 315. The van der Waals surface area contributed by atoms with Crippen LogP contribution in [0.4, 0.5) is 0 Å². The van der Waals surface area contributed by atoms with Crippen molar-refractivity contribution < 1.29 is 5.11 Å². The summed E-state index contributed by atoms with van der Waals surface area (Å²) in [5, 5.41) is 9.43. The standard InChI is InChI=1S/C10H13ClOSi/c1-13(2,11)8-7-9-5-3-4-6-10(9)12/h3-8,12H,1-2H3/b8-7+. The Kier molecular flexibility index (Phi) is 3.17. The van der Waals surface area contributed by atoms with Crippen molar-refractivity contribution in [3.05, 3.63) is 35.5 Å². The summed E-state index contributed by atoms with van der Waals surface area (Å²) in [6, 6.07) is 7.23. The van der Waals surface area contributed by atoms with E-state index in [0.717, 1.165) is 5.56 Å². The first-order chi connectivity index (χ1) is 5.99. The van der Waals surface area contributed by atoms with E-state index in [1.165, 1.54) is 0 Å². The molecular formula is C10H13ClOSi. The Morgan fingerprint density at radius 2 is 1.92 bits per heavy atom. The van der Waals surface area contributed by atoms with Crippen molar-refractivity contribution in [3.63, 3.8) is 0 Å². The van der Waals surface area contributed by atoms with Crippen molar-refractivity contribution in [1.82, 2.24) is 0 Å². The van der Waals surface area contributed by atoms with Crippen LogP contribution in [0.1, 0.15) is 5.56 Å². The number of halogens is 1. The van der Waals surface area contributed by atoms with Crippen LogP contribution in [0.25, 0.3) is 6.08 Å². The summed E-state index contributed by atoms with van der Waals surface area (Å²) >= 11 is 6.11. The van der Waals surface area contributed by atoms with Gasteiger partial charge in [0, 0.05) is 5.56 Å². The molecule has 0 atom stereocenters. The van der Waals surface area contributed by atoms with Gasteiger partial charge in [-0.2, -0.15) is 11.1 Å². The first-order valence-corrected chi connectivity index (χ1v) is 8.24. The number of para-hydroxylation sites is 1. The summed E-state index contributed by atoms with van der Waals surface area (Å²) in [4.78, 5) is 0. The highest BCUT2D eigenvalue weighted by atomic mass is 35.6. The van der Waals surface area contributed by atoms with Crippen LogP contribution in [0.2, 0.25) is 13.1 Å². The molecular weight excluding hydrogens is 200 g/mol. The van der Waals surface area contributed by atoms with E-state index in [1.807, 2.05) is 37.0 Å². The fourth-order valence-corrected chi connectivity index (χ4v) is 1.68. The number of aromatic hydroxyl groups is 1. The number of benzene rings is 1. The molecule has 70 valence electrons. The number of phenolic OH excluding ortho intramolecular Hbond substituents is 1. The molecule has 0 fully saturated rings. The first-order valence-electron chi connectivity index (χ1n) is 4.15. The normalized spacial score (nSPS) is 12.2. The number of rotatable bonds is 2. The van der Waals surface area contributed by atoms with Gasteiger partial charge in [0.15, 0.2) is 7.38 Å². The Morgan fingerprint density at radius 3 is 2.46 bits per heavy atom. The van der Waals surface area contributed by atoms with Gasteiger partial charge in [-0.3, -0.25) is 0 Å². The minimum atomic E-state index is -1.68. The molecule has 0 aliphatic rings. The zero-order chi connectivity index (χ0) is 9.90. The average molecular weight is 213 g/mol. The van der Waals surface area contributed by atoms with Gasteiger partial charge >= 0.3 is 0 Å². The molecule has 1 nitrogen and oxygen atoms in total. The SMILES string of the molecule is C[Si](C)(Cl)/C=C/c1ccccc1O. The summed E-state index contributed by atoms with van der Waals surface area (Å²) in [6.07, 6.45) is 1.88. The highest BCUT2D eigenvalue weighted by molar-refractivity contribution is 7.22. The summed E-state index contributed by atoms with van der Waals surface area (Å²) in [6.45, 7) is 4.07. The van der Waals surface area contributed by atoms with Crippen LogP contribution < -0.4 is 0 Å². The molecule has 0 saturated carbocycles. The second-order valence-corrected chi connectivity index (χ2v) is 9.84. The summed E-state index contributed by atoms with van der Waals surface area (Å²) in [5.74, 6) is 0.300. The van der Waals surface area contributed by atoms with Gasteiger partial charge < -0.3 is 5.11 Å². The summed E-state index contributed by atoms with van der Waals surface area (Å²) < 4.78 is 0. The van der Waals surface area contributed by atoms with Crippen LogP contribution in [0, 0.1) is 0 Å². The van der Waals surface area contributed by atoms with Crippen LogP contribution >= 0.6 is 11.1 Å². The smallest absolute Gasteiger partial charge is 0.173 e. The predicted octanol–water partition coefficient (Wildman–Crippen LogP) is 3.39. The molecule has 13 heavy (non-hydrogen) atoms. The zero-order valence-corrected chi connectivity index (χ0v) is 9.55. The predicted molar refractivity (Wildman–Crippen MR) is 60.5 cm³/mol. The van der Waals surface area contributed by atoms with Crippen molar-refractivity contribution in [2.24, 2.45) is 0 Å². The number of phenols is 1. The maximum absolute atomic E-state index is 9.43. The minimum Gasteiger partial charge on any atom is -0.507 e. The lowest BCUT2D eigenvalue weighted by atomic mass is 10.2. The topological polar surface area (TPSA) is 20.2 Å². The third-order valence-corrected chi connectivity index (χ3v) is 2.93. The van der Waals surface area contributed by atoms with Gasteiger partial charge in [-0.05, 0) is 6.07 Å². The van der Waals surface area contributed by atoms with Crippen molar-refractivity contribution in [2.45, 2.75) is 13.1 Å². The Balaban J connectivity index is 2.86. The van der Waals surface area contributed by atoms with E-state index in [-0.39, 0.29) is 0 Å². The summed E-state index contributed by atoms with van der Waals surface area (Å²) in [7, 11) is -1.68. The van der Waals surface area contributed by atoms with Gasteiger partial charge in [0.25, 0.3) is 0 Å². The van der Waals surface area contributed by atoms with Crippen LogP contribution in [0.3, 0.4) is 0 Å². The minimum absolute atomic E-state index is 0.300. The molecule has 0 spiro atoms. The molecule has 1 aromatic rings. The van der Waals surface area contributed by atoms with E-state index < -0.39 is 7.38 Å². The van der Waals surface area contributed by atoms with Gasteiger partial charge in [0.2, 0.25) is 0 Å². The van der Waals surface area contributed by atoms with Crippen molar-refractivity contribution in [1.29, 1.82) is 0 Å². The molecule has 0 aromatic heterocycles. The Hall–Kier alpha value is -0.733. The van der Waals surface area contributed by atoms with Gasteiger partial charge in [0.05, 0.1) is 0 Å². The molecule has 0 radical (unpaired) electrons. The molecule has 0 heterocycles. The Morgan fingerprint density at radius 1 is 1.31 bits per heavy atom. The van der Waals surface area contributed by atoms with Gasteiger partial charge in [-0.25, -0.2) is 0 Å². The number of hydrogen-bond acceptors (Lipinski definition) is 1. The Labute approximate surface area is 84.4 Å². The molecule has 0 unspecified atom stereocenters. The first kappa shape index (κ1) is 10.3. The van der Waals surface area contributed by atoms with Crippen LogP contribution in [-0.2, 0) is 0 Å². The third kappa shape index (κ3) is 3.66. The molecule has 1 aromatic carbocycles. The molecule has 1 N–H and O–H groups in total. The number of hydrogen-bond donors (Lipinski definition) is 1. The van der Waals surface area contributed by atoms with E-state index in [2.05, 4.69) is 0 Å². The second kappa shape index (κ2) is 3.98. The van der Waals surface area contributed by atoms with Gasteiger partial charge in [-0.1, -0.05) is 43.1 Å². The highest BCUT2D eigenvalue weighted by Gasteiger charge is 2.11. The zero-order valence-electron chi connectivity index (χ0n) is 7.79. The van der Waals surface area contributed by atoms with Crippen molar-refractivity contribution in [3.8, 4) is 5.75 Å². The highest BCUT2D eigenvalue weighted by Crippen LogP contribution is 2.19. The lowest BCUT2D eigenvalue weighted by molar-refractivity contribution is 0.474. The lowest BCUT2D eigenvalue weighted by Crippen LogP contribution is -2.11. The maximum atomic E-state index is 9.43. The lowest BCUT2D eigenvalue weighted by Gasteiger charge is -2.05. The second-order valence-electron chi connectivity index (χ2n) is 3.46. The molecule has 3 heteroatoms. The molecule has 1 rings (SSSR count). The fourth-order valence-electron chi connectivity index (χ4n) is 0.916.